The van der Waals surface area contributed by atoms with Gasteiger partial charge >= 0.3 is 6.18 Å². The minimum atomic E-state index is -4.24. The predicted octanol–water partition coefficient (Wildman–Crippen LogP) is 2.88. The van der Waals surface area contributed by atoms with Crippen molar-refractivity contribution in [2.75, 3.05) is 6.61 Å². The van der Waals surface area contributed by atoms with Crippen LogP contribution >= 0.6 is 0 Å². The maximum absolute atomic E-state index is 12.2. The van der Waals surface area contributed by atoms with Crippen LogP contribution in [0.2, 0.25) is 0 Å². The Morgan fingerprint density at radius 2 is 2.24 bits per heavy atom. The van der Waals surface area contributed by atoms with Gasteiger partial charge in [-0.15, -0.1) is 0 Å². The fourth-order valence-corrected chi connectivity index (χ4v) is 2.72. The number of ether oxygens (including phenoxy) is 1. The van der Waals surface area contributed by atoms with Crippen LogP contribution in [0.15, 0.2) is 12.4 Å². The summed E-state index contributed by atoms with van der Waals surface area (Å²) < 4.78 is 43.5. The molecule has 1 heterocycles. The van der Waals surface area contributed by atoms with E-state index in [0.717, 1.165) is 25.2 Å². The second-order valence-corrected chi connectivity index (χ2v) is 5.42. The molecule has 4 nitrogen and oxygen atoms in total. The van der Waals surface area contributed by atoms with Crippen LogP contribution in [0.1, 0.15) is 38.4 Å². The second-order valence-electron chi connectivity index (χ2n) is 5.42. The first-order valence-corrected chi connectivity index (χ1v) is 7.39. The lowest BCUT2D eigenvalue weighted by Crippen LogP contribution is -2.38. The highest BCUT2D eigenvalue weighted by Gasteiger charge is 2.31. The SMILES string of the molecule is CCn1ccnc1CNC1CCCC(OCC(F)(F)F)C1. The largest absolute Gasteiger partial charge is 0.411 e. The van der Waals surface area contributed by atoms with Gasteiger partial charge in [0.2, 0.25) is 0 Å². The van der Waals surface area contributed by atoms with Gasteiger partial charge in [0.15, 0.2) is 0 Å². The summed E-state index contributed by atoms with van der Waals surface area (Å²) >= 11 is 0. The molecule has 0 spiro atoms. The lowest BCUT2D eigenvalue weighted by molar-refractivity contribution is -0.188. The van der Waals surface area contributed by atoms with Gasteiger partial charge in [-0.05, 0) is 32.6 Å². The molecule has 0 amide bonds. The molecule has 1 aromatic heterocycles. The number of hydrogen-bond acceptors (Lipinski definition) is 3. The van der Waals surface area contributed by atoms with Crippen molar-refractivity contribution in [2.24, 2.45) is 0 Å². The summed E-state index contributed by atoms with van der Waals surface area (Å²) in [4.78, 5) is 4.28. The maximum atomic E-state index is 12.2. The summed E-state index contributed by atoms with van der Waals surface area (Å²) in [5.74, 6) is 0.954. The van der Waals surface area contributed by atoms with Crippen molar-refractivity contribution in [1.82, 2.24) is 14.9 Å². The van der Waals surface area contributed by atoms with Gasteiger partial charge in [-0.2, -0.15) is 13.2 Å². The third kappa shape index (κ3) is 5.32. The van der Waals surface area contributed by atoms with E-state index in [4.69, 9.17) is 4.74 Å². The molecule has 0 radical (unpaired) electrons. The molecule has 21 heavy (non-hydrogen) atoms. The molecule has 120 valence electrons. The Morgan fingerprint density at radius 3 is 2.95 bits per heavy atom. The van der Waals surface area contributed by atoms with Gasteiger partial charge in [0.05, 0.1) is 12.6 Å². The van der Waals surface area contributed by atoms with Crippen molar-refractivity contribution in [1.29, 1.82) is 0 Å². The van der Waals surface area contributed by atoms with Crippen molar-refractivity contribution in [3.8, 4) is 0 Å². The number of alkyl halides is 3. The summed E-state index contributed by atoms with van der Waals surface area (Å²) in [6.07, 6.45) is 2.33. The minimum Gasteiger partial charge on any atom is -0.369 e. The number of rotatable bonds is 6. The summed E-state index contributed by atoms with van der Waals surface area (Å²) in [7, 11) is 0. The normalized spacial score (nSPS) is 23.4. The monoisotopic (exact) mass is 305 g/mol. The Morgan fingerprint density at radius 1 is 1.43 bits per heavy atom. The zero-order valence-electron chi connectivity index (χ0n) is 12.2. The molecular formula is C14H22F3N3O. The van der Waals surface area contributed by atoms with E-state index in [1.807, 2.05) is 17.7 Å². The number of hydrogen-bond donors (Lipinski definition) is 1. The van der Waals surface area contributed by atoms with Gasteiger partial charge < -0.3 is 14.6 Å². The van der Waals surface area contributed by atoms with Gasteiger partial charge in [-0.25, -0.2) is 4.98 Å². The van der Waals surface area contributed by atoms with E-state index in [-0.39, 0.29) is 12.1 Å². The van der Waals surface area contributed by atoms with Crippen LogP contribution in [0.25, 0.3) is 0 Å². The Labute approximate surface area is 122 Å². The van der Waals surface area contributed by atoms with Crippen molar-refractivity contribution < 1.29 is 17.9 Å². The van der Waals surface area contributed by atoms with Crippen LogP contribution in [0.5, 0.6) is 0 Å². The second kappa shape index (κ2) is 7.26. The molecule has 1 aromatic rings. The number of nitrogens with zero attached hydrogens (tertiary/aromatic N) is 2. The fourth-order valence-electron chi connectivity index (χ4n) is 2.72. The molecule has 0 bridgehead atoms. The maximum Gasteiger partial charge on any atom is 0.411 e. The van der Waals surface area contributed by atoms with E-state index in [1.165, 1.54) is 0 Å². The van der Waals surface area contributed by atoms with E-state index < -0.39 is 12.8 Å². The van der Waals surface area contributed by atoms with Crippen LogP contribution < -0.4 is 5.32 Å². The molecule has 2 rings (SSSR count). The summed E-state index contributed by atoms with van der Waals surface area (Å²) in [5.41, 5.74) is 0. The quantitative estimate of drug-likeness (QED) is 0.878. The molecule has 1 aliphatic rings. The lowest BCUT2D eigenvalue weighted by Gasteiger charge is -2.30. The Kier molecular flexibility index (Phi) is 5.64. The molecule has 7 heteroatoms. The van der Waals surface area contributed by atoms with E-state index in [1.54, 1.807) is 6.20 Å². The minimum absolute atomic E-state index is 0.194. The van der Waals surface area contributed by atoms with Crippen molar-refractivity contribution in [2.45, 2.75) is 64.0 Å². The van der Waals surface area contributed by atoms with Gasteiger partial charge in [0.1, 0.15) is 12.4 Å². The molecule has 0 aliphatic heterocycles. The fraction of sp³-hybridized carbons (Fsp3) is 0.786. The summed E-state index contributed by atoms with van der Waals surface area (Å²) in [6.45, 7) is 2.40. The van der Waals surface area contributed by atoms with Gasteiger partial charge in [-0.1, -0.05) is 0 Å². The first kappa shape index (κ1) is 16.3. The molecule has 1 fully saturated rings. The highest BCUT2D eigenvalue weighted by Crippen LogP contribution is 2.24. The van der Waals surface area contributed by atoms with Crippen LogP contribution in [-0.2, 0) is 17.8 Å². The first-order chi connectivity index (χ1) is 9.98. The third-order valence-electron chi connectivity index (χ3n) is 3.80. The van der Waals surface area contributed by atoms with Crippen LogP contribution in [-0.4, -0.2) is 34.5 Å². The predicted molar refractivity (Wildman–Crippen MR) is 72.8 cm³/mol. The van der Waals surface area contributed by atoms with Crippen molar-refractivity contribution in [3.05, 3.63) is 18.2 Å². The van der Waals surface area contributed by atoms with Crippen LogP contribution in [0.4, 0.5) is 13.2 Å². The molecule has 1 aliphatic carbocycles. The van der Waals surface area contributed by atoms with E-state index in [0.29, 0.717) is 19.4 Å². The van der Waals surface area contributed by atoms with Crippen molar-refractivity contribution >= 4 is 0 Å². The lowest BCUT2D eigenvalue weighted by atomic mass is 9.93. The number of halogens is 3. The van der Waals surface area contributed by atoms with Crippen molar-refractivity contribution in [3.63, 3.8) is 0 Å². The highest BCUT2D eigenvalue weighted by atomic mass is 19.4. The van der Waals surface area contributed by atoms with E-state index in [2.05, 4.69) is 10.3 Å². The summed E-state index contributed by atoms with van der Waals surface area (Å²) in [6, 6.07) is 0.194. The Balaban J connectivity index is 1.76. The molecule has 0 saturated heterocycles. The number of aryl methyl sites for hydroxylation is 1. The van der Waals surface area contributed by atoms with Gasteiger partial charge in [0.25, 0.3) is 0 Å². The molecule has 2 unspecified atom stereocenters. The standard InChI is InChI=1S/C14H22F3N3O/c1-2-20-7-6-18-13(20)9-19-11-4-3-5-12(8-11)21-10-14(15,16)17/h6-7,11-12,19H,2-5,8-10H2,1H3. The first-order valence-electron chi connectivity index (χ1n) is 7.39. The molecule has 2 atom stereocenters. The molecule has 1 saturated carbocycles. The number of nitrogens with one attached hydrogen (secondary N) is 1. The Bertz CT molecular complexity index is 433. The third-order valence-corrected chi connectivity index (χ3v) is 3.80. The molecule has 0 aromatic carbocycles. The summed E-state index contributed by atoms with van der Waals surface area (Å²) in [5, 5.41) is 3.38. The van der Waals surface area contributed by atoms with Crippen LogP contribution in [0.3, 0.4) is 0 Å². The number of aromatic nitrogens is 2. The average Bonchev–Trinajstić information content (AvgIpc) is 2.90. The zero-order chi connectivity index (χ0) is 15.3. The average molecular weight is 305 g/mol. The zero-order valence-corrected chi connectivity index (χ0v) is 12.2. The van der Waals surface area contributed by atoms with E-state index in [9.17, 15) is 13.2 Å². The topological polar surface area (TPSA) is 39.1 Å². The smallest absolute Gasteiger partial charge is 0.369 e. The molecular weight excluding hydrogens is 283 g/mol. The highest BCUT2D eigenvalue weighted by molar-refractivity contribution is 4.92. The number of imidazole rings is 1. The molecule has 1 N–H and O–H groups in total. The van der Waals surface area contributed by atoms with Gasteiger partial charge in [-0.3, -0.25) is 0 Å². The van der Waals surface area contributed by atoms with Crippen LogP contribution in [0, 0.1) is 0 Å². The Hall–Kier alpha value is -1.08. The van der Waals surface area contributed by atoms with Gasteiger partial charge in [0, 0.05) is 25.0 Å². The van der Waals surface area contributed by atoms with E-state index >= 15 is 0 Å².